The first kappa shape index (κ1) is 20.7. The molecule has 2 aromatic carbocycles. The van der Waals surface area contributed by atoms with Crippen molar-refractivity contribution in [3.8, 4) is 0 Å². The molecule has 0 fully saturated rings. The second-order valence-corrected chi connectivity index (χ2v) is 6.31. The van der Waals surface area contributed by atoms with Gasteiger partial charge in [0.15, 0.2) is 0 Å². The molecule has 1 atom stereocenters. The second kappa shape index (κ2) is 8.37. The van der Waals surface area contributed by atoms with Crippen molar-refractivity contribution in [1.82, 2.24) is 10.2 Å². The molecule has 0 unspecified atom stereocenters. The van der Waals surface area contributed by atoms with E-state index in [4.69, 9.17) is 0 Å². The van der Waals surface area contributed by atoms with Crippen LogP contribution in [0.3, 0.4) is 0 Å². The highest BCUT2D eigenvalue weighted by molar-refractivity contribution is 5.74. The number of hydrogen-bond acceptors (Lipinski definition) is 1. The van der Waals surface area contributed by atoms with Gasteiger partial charge in [0.1, 0.15) is 11.6 Å². The molecule has 0 saturated carbocycles. The second-order valence-electron chi connectivity index (χ2n) is 6.31. The largest absolute Gasteiger partial charge is 0.416 e. The quantitative estimate of drug-likeness (QED) is 0.739. The van der Waals surface area contributed by atoms with E-state index in [1.165, 1.54) is 30.1 Å². The van der Waals surface area contributed by atoms with Crippen LogP contribution in [0.1, 0.15) is 23.6 Å². The van der Waals surface area contributed by atoms with E-state index in [1.54, 1.807) is 6.92 Å². The summed E-state index contributed by atoms with van der Waals surface area (Å²) in [6.07, 6.45) is -4.45. The van der Waals surface area contributed by atoms with Gasteiger partial charge in [-0.2, -0.15) is 13.2 Å². The molecular weight excluding hydrogens is 367 g/mol. The Bertz CT molecular complexity index is 769. The van der Waals surface area contributed by atoms with E-state index < -0.39 is 35.4 Å². The zero-order valence-corrected chi connectivity index (χ0v) is 14.8. The van der Waals surface area contributed by atoms with E-state index in [-0.39, 0.29) is 18.5 Å². The van der Waals surface area contributed by atoms with Crippen LogP contribution in [-0.2, 0) is 19.1 Å². The van der Waals surface area contributed by atoms with Gasteiger partial charge in [-0.1, -0.05) is 18.2 Å². The molecule has 0 aliphatic heterocycles. The number of hydrogen-bond donors (Lipinski definition) is 1. The third kappa shape index (κ3) is 5.67. The first-order valence-corrected chi connectivity index (χ1v) is 8.18. The van der Waals surface area contributed by atoms with E-state index in [9.17, 15) is 26.7 Å². The number of halogens is 5. The average molecular weight is 386 g/mol. The van der Waals surface area contributed by atoms with E-state index in [0.717, 1.165) is 24.3 Å². The molecule has 0 aromatic heterocycles. The SMILES string of the molecule is C[C@@H](Cc1c(F)cccc1F)NC(=O)N(C)Cc1ccc(C(F)(F)F)cc1. The summed E-state index contributed by atoms with van der Waals surface area (Å²) in [6.45, 7) is 1.69. The maximum atomic E-state index is 13.7. The van der Waals surface area contributed by atoms with Gasteiger partial charge in [-0.05, 0) is 43.2 Å². The lowest BCUT2D eigenvalue weighted by Crippen LogP contribution is -2.42. The molecule has 0 aliphatic carbocycles. The third-order valence-electron chi connectivity index (χ3n) is 3.99. The monoisotopic (exact) mass is 386 g/mol. The van der Waals surface area contributed by atoms with Crippen molar-refractivity contribution >= 4 is 6.03 Å². The van der Waals surface area contributed by atoms with Gasteiger partial charge in [0, 0.05) is 25.2 Å². The number of benzene rings is 2. The minimum absolute atomic E-state index is 0.0294. The average Bonchev–Trinajstić information content (AvgIpc) is 2.58. The van der Waals surface area contributed by atoms with Gasteiger partial charge in [-0.3, -0.25) is 0 Å². The summed E-state index contributed by atoms with van der Waals surface area (Å²) in [6, 6.07) is 6.99. The highest BCUT2D eigenvalue weighted by Gasteiger charge is 2.30. The van der Waals surface area contributed by atoms with Crippen LogP contribution in [0.5, 0.6) is 0 Å². The van der Waals surface area contributed by atoms with E-state index >= 15 is 0 Å². The Hall–Kier alpha value is -2.64. The van der Waals surface area contributed by atoms with Crippen molar-refractivity contribution in [3.63, 3.8) is 0 Å². The summed E-state index contributed by atoms with van der Waals surface area (Å²) in [7, 11) is 1.48. The summed E-state index contributed by atoms with van der Waals surface area (Å²) >= 11 is 0. The van der Waals surface area contributed by atoms with Crippen LogP contribution in [0.15, 0.2) is 42.5 Å². The van der Waals surface area contributed by atoms with Crippen LogP contribution in [-0.4, -0.2) is 24.0 Å². The number of nitrogens with one attached hydrogen (secondary N) is 1. The van der Waals surface area contributed by atoms with Gasteiger partial charge in [-0.15, -0.1) is 0 Å². The van der Waals surface area contributed by atoms with Crippen LogP contribution in [0.4, 0.5) is 26.7 Å². The van der Waals surface area contributed by atoms with Crippen LogP contribution >= 0.6 is 0 Å². The molecule has 27 heavy (non-hydrogen) atoms. The zero-order chi connectivity index (χ0) is 20.2. The van der Waals surface area contributed by atoms with Gasteiger partial charge in [0.25, 0.3) is 0 Å². The molecule has 2 rings (SSSR count). The number of carbonyl (C=O) groups excluding carboxylic acids is 1. The summed E-state index contributed by atoms with van der Waals surface area (Å²) < 4.78 is 65.0. The lowest BCUT2D eigenvalue weighted by molar-refractivity contribution is -0.137. The van der Waals surface area contributed by atoms with Crippen molar-refractivity contribution in [2.45, 2.75) is 32.1 Å². The van der Waals surface area contributed by atoms with Crippen LogP contribution in [0.25, 0.3) is 0 Å². The summed E-state index contributed by atoms with van der Waals surface area (Å²) in [5.41, 5.74) is -0.358. The highest BCUT2D eigenvalue weighted by Crippen LogP contribution is 2.29. The minimum Gasteiger partial charge on any atom is -0.335 e. The van der Waals surface area contributed by atoms with Crippen LogP contribution in [0.2, 0.25) is 0 Å². The van der Waals surface area contributed by atoms with E-state index in [2.05, 4.69) is 5.32 Å². The standard InChI is InChI=1S/C19H19F5N2O/c1-12(10-15-16(20)4-3-5-17(15)21)25-18(27)26(2)11-13-6-8-14(9-7-13)19(22,23)24/h3-9,12H,10-11H2,1-2H3,(H,25,27)/t12-/m0/s1. The van der Waals surface area contributed by atoms with Crippen molar-refractivity contribution in [3.05, 3.63) is 70.8 Å². The Kier molecular flexibility index (Phi) is 6.41. The Balaban J connectivity index is 1.93. The van der Waals surface area contributed by atoms with E-state index in [1.807, 2.05) is 0 Å². The number of alkyl halides is 3. The van der Waals surface area contributed by atoms with Gasteiger partial charge in [-0.25, -0.2) is 13.6 Å². The van der Waals surface area contributed by atoms with Crippen LogP contribution < -0.4 is 5.32 Å². The molecule has 1 N–H and O–H groups in total. The first-order chi connectivity index (χ1) is 12.6. The van der Waals surface area contributed by atoms with Crippen molar-refractivity contribution in [2.24, 2.45) is 0 Å². The molecule has 0 heterocycles. The van der Waals surface area contributed by atoms with Crippen molar-refractivity contribution < 1.29 is 26.7 Å². The fourth-order valence-electron chi connectivity index (χ4n) is 2.55. The van der Waals surface area contributed by atoms with Gasteiger partial charge >= 0.3 is 12.2 Å². The number of carbonyl (C=O) groups is 1. The molecule has 2 aromatic rings. The molecule has 0 bridgehead atoms. The number of rotatable bonds is 5. The molecule has 3 nitrogen and oxygen atoms in total. The Morgan fingerprint density at radius 2 is 1.63 bits per heavy atom. The maximum absolute atomic E-state index is 13.7. The molecule has 146 valence electrons. The molecule has 0 aliphatic rings. The summed E-state index contributed by atoms with van der Waals surface area (Å²) in [5, 5.41) is 2.61. The fourth-order valence-corrected chi connectivity index (χ4v) is 2.55. The Morgan fingerprint density at radius 1 is 1.07 bits per heavy atom. The predicted molar refractivity (Wildman–Crippen MR) is 91.0 cm³/mol. The lowest BCUT2D eigenvalue weighted by atomic mass is 10.1. The molecule has 2 amide bonds. The van der Waals surface area contributed by atoms with E-state index in [0.29, 0.717) is 5.56 Å². The fraction of sp³-hybridized carbons (Fsp3) is 0.316. The predicted octanol–water partition coefficient (Wildman–Crippen LogP) is 4.76. The van der Waals surface area contributed by atoms with Gasteiger partial charge in [0.05, 0.1) is 5.56 Å². The van der Waals surface area contributed by atoms with Crippen LogP contribution in [0, 0.1) is 11.6 Å². The first-order valence-electron chi connectivity index (χ1n) is 8.18. The maximum Gasteiger partial charge on any atom is 0.416 e. The van der Waals surface area contributed by atoms with Gasteiger partial charge in [0.2, 0.25) is 0 Å². The highest BCUT2D eigenvalue weighted by atomic mass is 19.4. The molecule has 0 saturated heterocycles. The number of nitrogens with zero attached hydrogens (tertiary/aromatic N) is 1. The molecule has 0 radical (unpaired) electrons. The third-order valence-corrected chi connectivity index (χ3v) is 3.99. The lowest BCUT2D eigenvalue weighted by Gasteiger charge is -2.22. The Morgan fingerprint density at radius 3 is 2.15 bits per heavy atom. The Labute approximate surface area is 153 Å². The summed E-state index contributed by atoms with van der Waals surface area (Å²) in [4.78, 5) is 13.5. The topological polar surface area (TPSA) is 32.3 Å². The normalized spacial score (nSPS) is 12.6. The number of amides is 2. The van der Waals surface area contributed by atoms with Crippen molar-refractivity contribution in [1.29, 1.82) is 0 Å². The van der Waals surface area contributed by atoms with Crippen molar-refractivity contribution in [2.75, 3.05) is 7.05 Å². The minimum atomic E-state index is -4.42. The molecular formula is C19H19F5N2O. The zero-order valence-electron chi connectivity index (χ0n) is 14.8. The smallest absolute Gasteiger partial charge is 0.335 e. The number of urea groups is 1. The molecule has 8 heteroatoms. The van der Waals surface area contributed by atoms with Gasteiger partial charge < -0.3 is 10.2 Å². The summed E-state index contributed by atoms with van der Waals surface area (Å²) in [5.74, 6) is -1.37. The molecule has 0 spiro atoms.